The molecule has 0 aromatic heterocycles. The maximum atomic E-state index is 13.0. The maximum Gasteiger partial charge on any atom is 0.224 e. The molecular weight excluding hydrogens is 397 g/mol. The van der Waals surface area contributed by atoms with Gasteiger partial charge in [-0.3, -0.25) is 9.79 Å². The number of phenolic OH excluding ortho intramolecular Hbond substituents is 1. The van der Waals surface area contributed by atoms with Crippen LogP contribution >= 0.6 is 0 Å². The molecule has 0 aliphatic carbocycles. The number of carbonyl (C=O) groups is 1. The van der Waals surface area contributed by atoms with Gasteiger partial charge in [0, 0.05) is 39.3 Å². The lowest BCUT2D eigenvalue weighted by Crippen LogP contribution is -2.52. The molecule has 2 aromatic carbocycles. The van der Waals surface area contributed by atoms with Crippen LogP contribution in [0.4, 0.5) is 10.1 Å². The molecule has 7 nitrogen and oxygen atoms in total. The van der Waals surface area contributed by atoms with Crippen molar-refractivity contribution in [2.45, 2.75) is 13.3 Å². The number of rotatable bonds is 7. The molecule has 3 N–H and O–H groups in total. The SMILES string of the molecule is CCNC(=NCCNC(=O)Cc1ccc(F)cc1)N1CCN(c2ccccc2O)CC1. The first-order valence-corrected chi connectivity index (χ1v) is 10.6. The lowest BCUT2D eigenvalue weighted by Gasteiger charge is -2.37. The average molecular weight is 428 g/mol. The van der Waals surface area contributed by atoms with E-state index in [0.29, 0.717) is 18.8 Å². The summed E-state index contributed by atoms with van der Waals surface area (Å²) in [4.78, 5) is 21.1. The number of piperazine rings is 1. The van der Waals surface area contributed by atoms with Gasteiger partial charge in [0.15, 0.2) is 5.96 Å². The number of aromatic hydroxyl groups is 1. The zero-order valence-electron chi connectivity index (χ0n) is 17.9. The number of amides is 1. The third-order valence-corrected chi connectivity index (χ3v) is 5.11. The molecular formula is C23H30FN5O2. The standard InChI is InChI=1S/C23H30FN5O2/c1-2-25-23(27-12-11-26-22(31)17-18-7-9-19(24)10-8-18)29-15-13-28(14-16-29)20-5-3-4-6-21(20)30/h3-10,30H,2,11-17H2,1H3,(H,25,27)(H,26,31). The van der Waals surface area contributed by atoms with E-state index in [1.165, 1.54) is 12.1 Å². The van der Waals surface area contributed by atoms with Crippen molar-refractivity contribution in [2.24, 2.45) is 4.99 Å². The zero-order valence-corrected chi connectivity index (χ0v) is 17.9. The Kier molecular flexibility index (Phi) is 8.09. The van der Waals surface area contributed by atoms with Gasteiger partial charge >= 0.3 is 0 Å². The van der Waals surface area contributed by atoms with E-state index in [4.69, 9.17) is 0 Å². The number of aliphatic imine (C=N–C) groups is 1. The molecule has 0 unspecified atom stereocenters. The lowest BCUT2D eigenvalue weighted by atomic mass is 10.1. The van der Waals surface area contributed by atoms with Crippen LogP contribution in [0.2, 0.25) is 0 Å². The molecule has 1 aliphatic heterocycles. The summed E-state index contributed by atoms with van der Waals surface area (Å²) in [6.45, 7) is 6.85. The third kappa shape index (κ3) is 6.60. The molecule has 0 radical (unpaired) electrons. The van der Waals surface area contributed by atoms with Crippen LogP contribution in [-0.4, -0.2) is 67.7 Å². The van der Waals surface area contributed by atoms with Crippen LogP contribution in [0.15, 0.2) is 53.5 Å². The molecule has 0 atom stereocenters. The highest BCUT2D eigenvalue weighted by atomic mass is 19.1. The van der Waals surface area contributed by atoms with E-state index in [1.54, 1.807) is 18.2 Å². The van der Waals surface area contributed by atoms with E-state index in [0.717, 1.165) is 49.9 Å². The van der Waals surface area contributed by atoms with Gasteiger partial charge in [-0.05, 0) is 36.8 Å². The van der Waals surface area contributed by atoms with Crippen LogP contribution in [0, 0.1) is 5.82 Å². The number of halogens is 1. The average Bonchev–Trinajstić information content (AvgIpc) is 2.78. The lowest BCUT2D eigenvalue weighted by molar-refractivity contribution is -0.120. The van der Waals surface area contributed by atoms with Crippen LogP contribution in [0.5, 0.6) is 5.75 Å². The number of guanidine groups is 1. The van der Waals surface area contributed by atoms with Gasteiger partial charge in [0.05, 0.1) is 18.7 Å². The van der Waals surface area contributed by atoms with Crippen LogP contribution < -0.4 is 15.5 Å². The van der Waals surface area contributed by atoms with Crippen molar-refractivity contribution in [3.05, 3.63) is 59.9 Å². The fourth-order valence-corrected chi connectivity index (χ4v) is 3.52. The Morgan fingerprint density at radius 2 is 1.77 bits per heavy atom. The number of hydrogen-bond donors (Lipinski definition) is 3. The van der Waals surface area contributed by atoms with E-state index in [9.17, 15) is 14.3 Å². The Hall–Kier alpha value is -3.29. The largest absolute Gasteiger partial charge is 0.506 e. The summed E-state index contributed by atoms with van der Waals surface area (Å²) in [5, 5.41) is 16.2. The minimum absolute atomic E-state index is 0.108. The minimum atomic E-state index is -0.309. The van der Waals surface area contributed by atoms with E-state index in [2.05, 4.69) is 25.4 Å². The number of para-hydroxylation sites is 2. The van der Waals surface area contributed by atoms with E-state index < -0.39 is 0 Å². The van der Waals surface area contributed by atoms with Crippen molar-refractivity contribution in [3.63, 3.8) is 0 Å². The number of benzene rings is 2. The topological polar surface area (TPSA) is 80.2 Å². The van der Waals surface area contributed by atoms with Gasteiger partial charge in [-0.1, -0.05) is 24.3 Å². The summed E-state index contributed by atoms with van der Waals surface area (Å²) in [6.07, 6.45) is 0.221. The van der Waals surface area contributed by atoms with Gasteiger partial charge < -0.3 is 25.5 Å². The monoisotopic (exact) mass is 427 g/mol. The highest BCUT2D eigenvalue weighted by molar-refractivity contribution is 5.81. The fraction of sp³-hybridized carbons (Fsp3) is 0.391. The van der Waals surface area contributed by atoms with Gasteiger partial charge in [-0.25, -0.2) is 4.39 Å². The Morgan fingerprint density at radius 3 is 2.45 bits per heavy atom. The quantitative estimate of drug-likeness (QED) is 0.358. The Balaban J connectivity index is 1.46. The molecule has 0 saturated carbocycles. The molecule has 3 rings (SSSR count). The van der Waals surface area contributed by atoms with E-state index >= 15 is 0 Å². The first-order chi connectivity index (χ1) is 15.1. The van der Waals surface area contributed by atoms with Crippen LogP contribution in [0.1, 0.15) is 12.5 Å². The normalized spacial score (nSPS) is 14.5. The first-order valence-electron chi connectivity index (χ1n) is 10.6. The van der Waals surface area contributed by atoms with Crippen molar-refractivity contribution >= 4 is 17.6 Å². The number of nitrogens with zero attached hydrogens (tertiary/aromatic N) is 3. The second-order valence-electron chi connectivity index (χ2n) is 7.35. The summed E-state index contributed by atoms with van der Waals surface area (Å²) in [7, 11) is 0. The second kappa shape index (κ2) is 11.2. The summed E-state index contributed by atoms with van der Waals surface area (Å²) in [5.74, 6) is 0.707. The molecule has 8 heteroatoms. The molecule has 1 saturated heterocycles. The summed E-state index contributed by atoms with van der Waals surface area (Å²) in [5.41, 5.74) is 1.63. The number of anilines is 1. The molecule has 0 bridgehead atoms. The predicted molar refractivity (Wildman–Crippen MR) is 121 cm³/mol. The molecule has 1 aliphatic rings. The number of hydrogen-bond acceptors (Lipinski definition) is 4. The maximum absolute atomic E-state index is 13.0. The van der Waals surface area contributed by atoms with Crippen molar-refractivity contribution < 1.29 is 14.3 Å². The number of phenols is 1. The molecule has 31 heavy (non-hydrogen) atoms. The van der Waals surface area contributed by atoms with Gasteiger partial charge in [-0.15, -0.1) is 0 Å². The molecule has 1 heterocycles. The molecule has 1 amide bonds. The minimum Gasteiger partial charge on any atom is -0.506 e. The van der Waals surface area contributed by atoms with Crippen molar-refractivity contribution in [3.8, 4) is 5.75 Å². The van der Waals surface area contributed by atoms with Crippen molar-refractivity contribution in [1.82, 2.24) is 15.5 Å². The Morgan fingerprint density at radius 1 is 1.06 bits per heavy atom. The van der Waals surface area contributed by atoms with Crippen LogP contribution in [-0.2, 0) is 11.2 Å². The Labute approximate surface area is 182 Å². The highest BCUT2D eigenvalue weighted by Crippen LogP contribution is 2.27. The van der Waals surface area contributed by atoms with E-state index in [-0.39, 0.29) is 18.1 Å². The summed E-state index contributed by atoms with van der Waals surface area (Å²) in [6, 6.07) is 13.3. The third-order valence-electron chi connectivity index (χ3n) is 5.11. The second-order valence-corrected chi connectivity index (χ2v) is 7.35. The molecule has 0 spiro atoms. The smallest absolute Gasteiger partial charge is 0.224 e. The van der Waals surface area contributed by atoms with Crippen LogP contribution in [0.25, 0.3) is 0 Å². The Bertz CT molecular complexity index is 880. The fourth-order valence-electron chi connectivity index (χ4n) is 3.52. The van der Waals surface area contributed by atoms with Gasteiger partial charge in [0.1, 0.15) is 11.6 Å². The van der Waals surface area contributed by atoms with Crippen molar-refractivity contribution in [2.75, 3.05) is 50.7 Å². The molecule has 2 aromatic rings. The highest BCUT2D eigenvalue weighted by Gasteiger charge is 2.21. The predicted octanol–water partition coefficient (Wildman–Crippen LogP) is 1.98. The van der Waals surface area contributed by atoms with Crippen molar-refractivity contribution in [1.29, 1.82) is 0 Å². The summed E-state index contributed by atoms with van der Waals surface area (Å²) >= 11 is 0. The van der Waals surface area contributed by atoms with Gasteiger partial charge in [0.25, 0.3) is 0 Å². The number of carbonyl (C=O) groups excluding carboxylic acids is 1. The molecule has 1 fully saturated rings. The van der Waals surface area contributed by atoms with Gasteiger partial charge in [0.2, 0.25) is 5.91 Å². The van der Waals surface area contributed by atoms with Crippen LogP contribution in [0.3, 0.4) is 0 Å². The first kappa shape index (κ1) is 22.4. The van der Waals surface area contributed by atoms with Gasteiger partial charge in [-0.2, -0.15) is 0 Å². The zero-order chi connectivity index (χ0) is 22.1. The summed E-state index contributed by atoms with van der Waals surface area (Å²) < 4.78 is 13.0. The molecule has 166 valence electrons. The number of nitrogens with one attached hydrogen (secondary N) is 2. The van der Waals surface area contributed by atoms with E-state index in [1.807, 2.05) is 25.1 Å².